The van der Waals surface area contributed by atoms with Gasteiger partial charge in [0.15, 0.2) is 0 Å². The monoisotopic (exact) mass is 845 g/mol. The number of fused-ring (bicyclic) bond motifs is 20. The third-order valence-electron chi connectivity index (χ3n) is 17.0. The van der Waals surface area contributed by atoms with Crippen molar-refractivity contribution in [1.29, 1.82) is 0 Å². The molecule has 9 aromatic carbocycles. The summed E-state index contributed by atoms with van der Waals surface area (Å²) in [6.07, 6.45) is 6.17. The number of allylic oxidation sites excluding steroid dienone is 2. The summed E-state index contributed by atoms with van der Waals surface area (Å²) in [6, 6.07) is 69.0. The van der Waals surface area contributed by atoms with E-state index in [-0.39, 0.29) is 22.3 Å². The zero-order chi connectivity index (χ0) is 43.9. The molecular weight excluding hydrogens is 799 g/mol. The van der Waals surface area contributed by atoms with E-state index in [0.29, 0.717) is 0 Å². The van der Waals surface area contributed by atoms with Crippen LogP contribution in [0.2, 0.25) is 0 Å². The number of nitrogens with zero attached hydrogens (tertiary/aromatic N) is 1. The van der Waals surface area contributed by atoms with Crippen molar-refractivity contribution in [3.63, 3.8) is 0 Å². The van der Waals surface area contributed by atoms with E-state index in [1.54, 1.807) is 0 Å². The van der Waals surface area contributed by atoms with E-state index in [2.05, 4.69) is 227 Å². The van der Waals surface area contributed by atoms with Crippen LogP contribution in [-0.2, 0) is 16.2 Å². The third-order valence-corrected chi connectivity index (χ3v) is 17.0. The molecule has 0 amide bonds. The molecule has 0 N–H and O–H groups in total. The second kappa shape index (κ2) is 12.3. The molecule has 1 fully saturated rings. The zero-order valence-electron chi connectivity index (χ0n) is 37.6. The summed E-state index contributed by atoms with van der Waals surface area (Å²) in [5, 5.41) is 4.67. The first-order valence-corrected chi connectivity index (χ1v) is 23.8. The molecule has 1 unspecified atom stereocenters. The van der Waals surface area contributed by atoms with Crippen molar-refractivity contribution >= 4 is 38.5 Å². The fourth-order valence-corrected chi connectivity index (χ4v) is 13.9. The van der Waals surface area contributed by atoms with E-state index in [9.17, 15) is 0 Å². The second-order valence-electron chi connectivity index (χ2n) is 20.8. The minimum absolute atomic E-state index is 0.0716. The van der Waals surface area contributed by atoms with Crippen LogP contribution in [0.4, 0.5) is 11.4 Å². The predicted molar refractivity (Wildman–Crippen MR) is 271 cm³/mol. The Hall–Kier alpha value is -7.42. The minimum Gasteiger partial charge on any atom is -0.455 e. The smallest absolute Gasteiger partial charge is 0.140 e. The highest BCUT2D eigenvalue weighted by molar-refractivity contribution is 6.02. The maximum Gasteiger partial charge on any atom is 0.140 e. The van der Waals surface area contributed by atoms with E-state index in [1.807, 2.05) is 0 Å². The van der Waals surface area contributed by atoms with Crippen LogP contribution >= 0.6 is 0 Å². The van der Waals surface area contributed by atoms with Crippen molar-refractivity contribution in [2.75, 3.05) is 4.90 Å². The van der Waals surface area contributed by atoms with Crippen LogP contribution in [0.3, 0.4) is 0 Å². The van der Waals surface area contributed by atoms with Gasteiger partial charge in [-0.25, -0.2) is 0 Å². The molecule has 0 aromatic heterocycles. The topological polar surface area (TPSA) is 12.5 Å². The van der Waals surface area contributed by atoms with Crippen molar-refractivity contribution in [3.05, 3.63) is 244 Å². The Morgan fingerprint density at radius 2 is 0.894 bits per heavy atom. The normalized spacial score (nSPS) is 20.6. The molecule has 0 radical (unpaired) electrons. The number of benzene rings is 9. The van der Waals surface area contributed by atoms with Crippen LogP contribution in [0.5, 0.6) is 11.5 Å². The third kappa shape index (κ3) is 4.34. The lowest BCUT2D eigenvalue weighted by molar-refractivity contribution is 0.446. The highest BCUT2D eigenvalue weighted by Gasteiger charge is 2.65. The highest BCUT2D eigenvalue weighted by atomic mass is 16.5. The summed E-state index contributed by atoms with van der Waals surface area (Å²) >= 11 is 0. The average molecular weight is 846 g/mol. The molecule has 314 valence electrons. The van der Waals surface area contributed by atoms with Gasteiger partial charge in [0, 0.05) is 50.0 Å². The van der Waals surface area contributed by atoms with Crippen LogP contribution in [-0.4, -0.2) is 5.54 Å². The lowest BCUT2D eigenvalue weighted by Crippen LogP contribution is -2.37. The Labute approximate surface area is 386 Å². The van der Waals surface area contributed by atoms with Crippen LogP contribution < -0.4 is 9.64 Å². The molecule has 0 saturated heterocycles. The molecular formula is C64H47NO. The van der Waals surface area contributed by atoms with Gasteiger partial charge in [-0.05, 0) is 108 Å². The Balaban J connectivity index is 0.978. The first kappa shape index (κ1) is 36.9. The SMILES string of the molecule is CC1(C)c2ccccc2-c2cc(N(c3ccc4c(c3)-c3ccccc3C4(C)C)[C@@]34C=CC5=C(c6ccccc6C56c5ccc7ccccc7c5Oc5c6ccc6ccccc56)C3C4)ccc21. The zero-order valence-corrected chi connectivity index (χ0v) is 37.6. The quantitative estimate of drug-likeness (QED) is 0.176. The Kier molecular flexibility index (Phi) is 6.85. The fraction of sp³-hybridized carbons (Fsp3) is 0.156. The van der Waals surface area contributed by atoms with Crippen molar-refractivity contribution in [2.45, 2.75) is 55.9 Å². The molecule has 1 saturated carbocycles. The number of ether oxygens (including phenoxy) is 1. The highest BCUT2D eigenvalue weighted by Crippen LogP contribution is 2.71. The molecule has 0 bridgehead atoms. The summed E-state index contributed by atoms with van der Waals surface area (Å²) in [6.45, 7) is 9.53. The molecule has 1 aliphatic heterocycles. The first-order chi connectivity index (χ1) is 32.2. The molecule has 15 rings (SSSR count). The van der Waals surface area contributed by atoms with Crippen molar-refractivity contribution in [2.24, 2.45) is 5.92 Å². The van der Waals surface area contributed by atoms with Gasteiger partial charge in [0.2, 0.25) is 0 Å². The van der Waals surface area contributed by atoms with Gasteiger partial charge in [0.25, 0.3) is 0 Å². The maximum atomic E-state index is 7.29. The molecule has 2 nitrogen and oxygen atoms in total. The van der Waals surface area contributed by atoms with Crippen LogP contribution in [0.15, 0.2) is 200 Å². The Morgan fingerprint density at radius 3 is 1.45 bits per heavy atom. The largest absolute Gasteiger partial charge is 0.455 e. The van der Waals surface area contributed by atoms with Gasteiger partial charge in [0.1, 0.15) is 11.5 Å². The van der Waals surface area contributed by atoms with Gasteiger partial charge in [-0.3, -0.25) is 0 Å². The molecule has 1 heterocycles. The Bertz CT molecular complexity index is 3560. The van der Waals surface area contributed by atoms with Crippen molar-refractivity contribution < 1.29 is 4.74 Å². The number of hydrogen-bond acceptors (Lipinski definition) is 2. The number of rotatable bonds is 3. The summed E-state index contributed by atoms with van der Waals surface area (Å²) in [4.78, 5) is 2.74. The van der Waals surface area contributed by atoms with Crippen LogP contribution in [0, 0.1) is 5.92 Å². The second-order valence-corrected chi connectivity index (χ2v) is 20.8. The number of hydrogen-bond donors (Lipinski definition) is 0. The lowest BCUT2D eigenvalue weighted by atomic mass is 9.64. The summed E-state index contributed by atoms with van der Waals surface area (Å²) in [5.41, 5.74) is 20.5. The van der Waals surface area contributed by atoms with Gasteiger partial charge >= 0.3 is 0 Å². The molecule has 1 spiro atoms. The molecule has 5 aliphatic carbocycles. The Morgan fingerprint density at radius 1 is 0.439 bits per heavy atom. The molecule has 66 heavy (non-hydrogen) atoms. The van der Waals surface area contributed by atoms with Gasteiger partial charge in [0.05, 0.1) is 11.0 Å². The first-order valence-electron chi connectivity index (χ1n) is 23.8. The van der Waals surface area contributed by atoms with E-state index >= 15 is 0 Å². The van der Waals surface area contributed by atoms with Gasteiger partial charge < -0.3 is 9.64 Å². The van der Waals surface area contributed by atoms with Gasteiger partial charge in [-0.1, -0.05) is 198 Å². The van der Waals surface area contributed by atoms with E-state index < -0.39 is 5.41 Å². The standard InChI is InChI=1S/C64H47NO/c1-61(2)49-22-12-9-19-44(49)47-35-40(27-31-51(47)61)65(41-28-32-52-48(36-41)45-20-10-13-23-50(45)62(52,3)4)63-34-33-54-58(57(63)37-63)46-21-11-14-24-53(46)64(54)55-29-25-38-15-5-7-17-42(38)59(55)66-60-43-18-8-6-16-39(43)26-30-56(60)64/h5-36,57H,37H2,1-4H3/t57?,63-/m1/s1. The number of anilines is 2. The van der Waals surface area contributed by atoms with Gasteiger partial charge in [-0.15, -0.1) is 0 Å². The van der Waals surface area contributed by atoms with E-state index in [1.165, 1.54) is 100 Å². The molecule has 6 aliphatic rings. The van der Waals surface area contributed by atoms with E-state index in [0.717, 1.165) is 28.7 Å². The van der Waals surface area contributed by atoms with Crippen LogP contribution in [0.1, 0.15) is 78.6 Å². The summed E-state index contributed by atoms with van der Waals surface area (Å²) in [5.74, 6) is 2.18. The van der Waals surface area contributed by atoms with E-state index in [4.69, 9.17) is 4.74 Å². The summed E-state index contributed by atoms with van der Waals surface area (Å²) in [7, 11) is 0. The molecule has 2 atom stereocenters. The minimum atomic E-state index is -0.565. The van der Waals surface area contributed by atoms with Gasteiger partial charge in [-0.2, -0.15) is 0 Å². The maximum absolute atomic E-state index is 7.29. The predicted octanol–water partition coefficient (Wildman–Crippen LogP) is 16.0. The molecule has 2 heteroatoms. The van der Waals surface area contributed by atoms with Crippen molar-refractivity contribution in [3.8, 4) is 33.8 Å². The van der Waals surface area contributed by atoms with Crippen LogP contribution in [0.25, 0.3) is 49.4 Å². The summed E-state index contributed by atoms with van der Waals surface area (Å²) < 4.78 is 7.29. The average Bonchev–Trinajstić information content (AvgIpc) is 3.88. The molecule has 9 aromatic rings. The fourth-order valence-electron chi connectivity index (χ4n) is 13.9. The van der Waals surface area contributed by atoms with Crippen molar-refractivity contribution in [1.82, 2.24) is 0 Å². The lowest BCUT2D eigenvalue weighted by Gasteiger charge is -2.42.